The van der Waals surface area contributed by atoms with Gasteiger partial charge in [-0.1, -0.05) is 32.0 Å². The summed E-state index contributed by atoms with van der Waals surface area (Å²) < 4.78 is 0. The molecule has 21 heavy (non-hydrogen) atoms. The first-order valence-corrected chi connectivity index (χ1v) is 8.27. The number of hydrogen-bond donors (Lipinski definition) is 1. The van der Waals surface area contributed by atoms with Crippen LogP contribution in [0.4, 0.5) is 5.69 Å². The normalized spacial score (nSPS) is 18.7. The molecule has 118 valence electrons. The zero-order valence-electron chi connectivity index (χ0n) is 14.1. The van der Waals surface area contributed by atoms with Crippen molar-refractivity contribution in [2.75, 3.05) is 45.6 Å². The zero-order chi connectivity index (χ0) is 15.2. The average molecular weight is 289 g/mol. The van der Waals surface area contributed by atoms with E-state index < -0.39 is 0 Å². The number of nitrogens with zero attached hydrogens (tertiary/aromatic N) is 2. The Labute approximate surface area is 130 Å². The Kier molecular flexibility index (Phi) is 6.07. The fourth-order valence-corrected chi connectivity index (χ4v) is 3.09. The van der Waals surface area contributed by atoms with Gasteiger partial charge in [-0.3, -0.25) is 4.90 Å². The predicted molar refractivity (Wildman–Crippen MR) is 92.0 cm³/mol. The Morgan fingerprint density at radius 2 is 1.95 bits per heavy atom. The second-order valence-corrected chi connectivity index (χ2v) is 6.92. The Hall–Kier alpha value is -1.06. The van der Waals surface area contributed by atoms with Gasteiger partial charge in [-0.2, -0.15) is 0 Å². The van der Waals surface area contributed by atoms with Crippen molar-refractivity contribution in [2.24, 2.45) is 5.92 Å². The molecule has 0 saturated heterocycles. The second-order valence-electron chi connectivity index (χ2n) is 6.92. The maximum atomic E-state index is 3.66. The number of para-hydroxylation sites is 1. The lowest BCUT2D eigenvalue weighted by Gasteiger charge is -2.33. The van der Waals surface area contributed by atoms with Gasteiger partial charge >= 0.3 is 0 Å². The van der Waals surface area contributed by atoms with Gasteiger partial charge in [0, 0.05) is 37.9 Å². The summed E-state index contributed by atoms with van der Waals surface area (Å²) in [7, 11) is 4.32. The highest BCUT2D eigenvalue weighted by Crippen LogP contribution is 2.23. The molecular formula is C18H31N3. The quantitative estimate of drug-likeness (QED) is 0.868. The Balaban J connectivity index is 2.00. The molecule has 0 aromatic heterocycles. The number of aryl methyl sites for hydroxylation is 1. The molecule has 0 amide bonds. The Bertz CT molecular complexity index is 401. The molecule has 1 aliphatic heterocycles. The minimum absolute atomic E-state index is 0.639. The van der Waals surface area contributed by atoms with Crippen molar-refractivity contribution in [3.8, 4) is 0 Å². The molecule has 1 N–H and O–H groups in total. The summed E-state index contributed by atoms with van der Waals surface area (Å²) >= 11 is 0. The van der Waals surface area contributed by atoms with Gasteiger partial charge in [0.05, 0.1) is 0 Å². The van der Waals surface area contributed by atoms with E-state index in [2.05, 4.69) is 67.3 Å². The van der Waals surface area contributed by atoms with Crippen LogP contribution in [-0.2, 0) is 6.42 Å². The molecular weight excluding hydrogens is 258 g/mol. The molecule has 0 radical (unpaired) electrons. The Morgan fingerprint density at radius 1 is 1.19 bits per heavy atom. The summed E-state index contributed by atoms with van der Waals surface area (Å²) in [6.45, 7) is 9.20. The number of nitrogens with one attached hydrogen (secondary N) is 1. The minimum atomic E-state index is 0.639. The fourth-order valence-electron chi connectivity index (χ4n) is 3.09. The van der Waals surface area contributed by atoms with E-state index in [4.69, 9.17) is 0 Å². The van der Waals surface area contributed by atoms with Crippen LogP contribution in [-0.4, -0.2) is 56.1 Å². The third kappa shape index (κ3) is 5.01. The number of rotatable bonds is 6. The molecule has 3 nitrogen and oxygen atoms in total. The van der Waals surface area contributed by atoms with Crippen molar-refractivity contribution < 1.29 is 0 Å². The Morgan fingerprint density at radius 3 is 2.67 bits per heavy atom. The van der Waals surface area contributed by atoms with E-state index in [1.807, 2.05) is 0 Å². The first-order valence-electron chi connectivity index (χ1n) is 8.27. The van der Waals surface area contributed by atoms with Crippen molar-refractivity contribution in [3.05, 3.63) is 29.8 Å². The van der Waals surface area contributed by atoms with Crippen LogP contribution in [0, 0.1) is 5.92 Å². The van der Waals surface area contributed by atoms with Gasteiger partial charge in [0.25, 0.3) is 0 Å². The number of fused-ring (bicyclic) bond motifs is 1. The number of anilines is 1. The van der Waals surface area contributed by atoms with Crippen LogP contribution in [0.3, 0.4) is 0 Å². The monoisotopic (exact) mass is 289 g/mol. The molecule has 0 fully saturated rings. The summed E-state index contributed by atoms with van der Waals surface area (Å²) in [5, 5.41) is 3.66. The van der Waals surface area contributed by atoms with Gasteiger partial charge in [0.1, 0.15) is 0 Å². The molecule has 3 heteroatoms. The smallest absolute Gasteiger partial charge is 0.0373 e. The maximum absolute atomic E-state index is 3.66. The molecule has 2 rings (SSSR count). The molecule has 1 atom stereocenters. The maximum Gasteiger partial charge on any atom is 0.0373 e. The zero-order valence-corrected chi connectivity index (χ0v) is 14.1. The van der Waals surface area contributed by atoms with Crippen molar-refractivity contribution in [1.29, 1.82) is 0 Å². The van der Waals surface area contributed by atoms with Crippen LogP contribution in [0.1, 0.15) is 25.8 Å². The van der Waals surface area contributed by atoms with Crippen LogP contribution in [0.2, 0.25) is 0 Å². The van der Waals surface area contributed by atoms with E-state index in [1.165, 1.54) is 30.6 Å². The van der Waals surface area contributed by atoms with Crippen molar-refractivity contribution in [3.63, 3.8) is 0 Å². The summed E-state index contributed by atoms with van der Waals surface area (Å²) in [6, 6.07) is 9.39. The van der Waals surface area contributed by atoms with Crippen LogP contribution >= 0.6 is 0 Å². The third-order valence-corrected chi connectivity index (χ3v) is 4.24. The standard InChI is InChI=1S/C18H31N3/c1-15(2)14-21(12-11-20(3)4)17-10-9-16-7-5-6-8-18(16)19-13-17/h5-8,15,17,19H,9-14H2,1-4H3. The summed E-state index contributed by atoms with van der Waals surface area (Å²) in [4.78, 5) is 4.97. The summed E-state index contributed by atoms with van der Waals surface area (Å²) in [6.07, 6.45) is 2.44. The molecule has 0 saturated carbocycles. The highest BCUT2D eigenvalue weighted by Gasteiger charge is 2.22. The van der Waals surface area contributed by atoms with Crippen LogP contribution < -0.4 is 5.32 Å². The van der Waals surface area contributed by atoms with E-state index in [-0.39, 0.29) is 0 Å². The topological polar surface area (TPSA) is 18.5 Å². The predicted octanol–water partition coefficient (Wildman–Crippen LogP) is 2.93. The largest absolute Gasteiger partial charge is 0.383 e. The van der Waals surface area contributed by atoms with Gasteiger partial charge in [-0.15, -0.1) is 0 Å². The highest BCUT2D eigenvalue weighted by molar-refractivity contribution is 5.52. The lowest BCUT2D eigenvalue weighted by Crippen LogP contribution is -2.44. The van der Waals surface area contributed by atoms with Crippen molar-refractivity contribution in [1.82, 2.24) is 9.80 Å². The lowest BCUT2D eigenvalue weighted by atomic mass is 10.0. The molecule has 0 spiro atoms. The van der Waals surface area contributed by atoms with E-state index in [1.54, 1.807) is 0 Å². The van der Waals surface area contributed by atoms with Gasteiger partial charge < -0.3 is 10.2 Å². The number of hydrogen-bond acceptors (Lipinski definition) is 3. The fraction of sp³-hybridized carbons (Fsp3) is 0.667. The van der Waals surface area contributed by atoms with E-state index in [0.717, 1.165) is 25.6 Å². The third-order valence-electron chi connectivity index (χ3n) is 4.24. The van der Waals surface area contributed by atoms with Crippen molar-refractivity contribution in [2.45, 2.75) is 32.7 Å². The molecule has 1 aliphatic rings. The van der Waals surface area contributed by atoms with E-state index in [0.29, 0.717) is 6.04 Å². The number of likely N-dealkylation sites (N-methyl/N-ethyl adjacent to an activating group) is 1. The van der Waals surface area contributed by atoms with Gasteiger partial charge in [-0.25, -0.2) is 0 Å². The first-order chi connectivity index (χ1) is 10.1. The van der Waals surface area contributed by atoms with Crippen LogP contribution in [0.25, 0.3) is 0 Å². The molecule has 0 bridgehead atoms. The molecule has 1 unspecified atom stereocenters. The summed E-state index contributed by atoms with van der Waals surface area (Å²) in [5.41, 5.74) is 2.80. The summed E-state index contributed by atoms with van der Waals surface area (Å²) in [5.74, 6) is 0.720. The van der Waals surface area contributed by atoms with E-state index in [9.17, 15) is 0 Å². The van der Waals surface area contributed by atoms with Gasteiger partial charge in [0.15, 0.2) is 0 Å². The van der Waals surface area contributed by atoms with Gasteiger partial charge in [0.2, 0.25) is 0 Å². The number of benzene rings is 1. The van der Waals surface area contributed by atoms with Crippen molar-refractivity contribution >= 4 is 5.69 Å². The van der Waals surface area contributed by atoms with Crippen LogP contribution in [0.5, 0.6) is 0 Å². The average Bonchev–Trinajstić information content (AvgIpc) is 2.65. The molecule has 1 aromatic rings. The lowest BCUT2D eigenvalue weighted by molar-refractivity contribution is 0.160. The first kappa shape index (κ1) is 16.3. The highest BCUT2D eigenvalue weighted by atomic mass is 15.2. The second kappa shape index (κ2) is 7.81. The molecule has 1 aromatic carbocycles. The molecule has 0 aliphatic carbocycles. The van der Waals surface area contributed by atoms with E-state index >= 15 is 0 Å². The minimum Gasteiger partial charge on any atom is -0.383 e. The van der Waals surface area contributed by atoms with Gasteiger partial charge in [-0.05, 0) is 44.5 Å². The molecule has 1 heterocycles. The SMILES string of the molecule is CC(C)CN(CCN(C)C)C1CCc2ccccc2NC1. The van der Waals surface area contributed by atoms with Crippen LogP contribution in [0.15, 0.2) is 24.3 Å².